The Hall–Kier alpha value is -1.80. The van der Waals surface area contributed by atoms with Crippen molar-refractivity contribution in [1.82, 2.24) is 4.90 Å². The second-order valence-electron chi connectivity index (χ2n) is 5.77. The number of aryl methyl sites for hydroxylation is 1. The van der Waals surface area contributed by atoms with E-state index in [0.29, 0.717) is 6.04 Å². The summed E-state index contributed by atoms with van der Waals surface area (Å²) in [7, 11) is 3.90. The van der Waals surface area contributed by atoms with E-state index in [1.807, 2.05) is 12.1 Å². The van der Waals surface area contributed by atoms with Crippen molar-refractivity contribution >= 4 is 0 Å². The van der Waals surface area contributed by atoms with E-state index in [9.17, 15) is 0 Å². The van der Waals surface area contributed by atoms with Crippen LogP contribution in [0.4, 0.5) is 0 Å². The maximum atomic E-state index is 5.43. The zero-order valence-corrected chi connectivity index (χ0v) is 13.5. The van der Waals surface area contributed by atoms with Crippen LogP contribution in [0, 0.1) is 6.92 Å². The maximum Gasteiger partial charge on any atom is 0.123 e. The minimum atomic E-state index is 0.484. The summed E-state index contributed by atoms with van der Waals surface area (Å²) < 4.78 is 5.43. The third-order valence-corrected chi connectivity index (χ3v) is 4.02. The molecule has 2 rings (SSSR count). The fourth-order valence-electron chi connectivity index (χ4n) is 2.48. The van der Waals surface area contributed by atoms with Crippen molar-refractivity contribution in [3.8, 4) is 5.75 Å². The number of nitrogens with zero attached hydrogens (tertiary/aromatic N) is 1. The number of benzene rings is 2. The summed E-state index contributed by atoms with van der Waals surface area (Å²) in [5.41, 5.74) is 3.94. The van der Waals surface area contributed by atoms with E-state index in [4.69, 9.17) is 4.74 Å². The smallest absolute Gasteiger partial charge is 0.123 e. The summed E-state index contributed by atoms with van der Waals surface area (Å²) in [5, 5.41) is 0. The second-order valence-corrected chi connectivity index (χ2v) is 5.77. The Morgan fingerprint density at radius 1 is 1.05 bits per heavy atom. The van der Waals surface area contributed by atoms with Gasteiger partial charge in [0.1, 0.15) is 5.75 Å². The predicted molar refractivity (Wildman–Crippen MR) is 88.8 cm³/mol. The average Bonchev–Trinajstić information content (AvgIpc) is 2.50. The summed E-state index contributed by atoms with van der Waals surface area (Å²) in [4.78, 5) is 2.37. The normalized spacial score (nSPS) is 12.4. The lowest BCUT2D eigenvalue weighted by atomic mass is 10.0. The Morgan fingerprint density at radius 3 is 2.38 bits per heavy atom. The molecule has 2 heteroatoms. The monoisotopic (exact) mass is 283 g/mol. The van der Waals surface area contributed by atoms with E-state index >= 15 is 0 Å². The van der Waals surface area contributed by atoms with E-state index in [1.54, 1.807) is 7.11 Å². The SMILES string of the molecule is COc1ccccc1CN(C)[C@H](C)Cc1ccc(C)cc1. The molecule has 0 saturated heterocycles. The highest BCUT2D eigenvalue weighted by atomic mass is 16.5. The third-order valence-electron chi connectivity index (χ3n) is 4.02. The largest absolute Gasteiger partial charge is 0.496 e. The lowest BCUT2D eigenvalue weighted by molar-refractivity contribution is 0.244. The zero-order valence-electron chi connectivity index (χ0n) is 13.5. The number of para-hydroxylation sites is 1. The number of hydrogen-bond acceptors (Lipinski definition) is 2. The summed E-state index contributed by atoms with van der Waals surface area (Å²) in [6, 6.07) is 17.5. The second kappa shape index (κ2) is 7.28. The molecule has 21 heavy (non-hydrogen) atoms. The van der Waals surface area contributed by atoms with E-state index in [2.05, 4.69) is 62.2 Å². The maximum absolute atomic E-state index is 5.43. The molecule has 2 aromatic carbocycles. The van der Waals surface area contributed by atoms with Gasteiger partial charge in [-0.15, -0.1) is 0 Å². The van der Waals surface area contributed by atoms with Gasteiger partial charge in [-0.05, 0) is 38.9 Å². The van der Waals surface area contributed by atoms with Crippen LogP contribution >= 0.6 is 0 Å². The molecule has 0 radical (unpaired) electrons. The molecule has 0 saturated carbocycles. The van der Waals surface area contributed by atoms with Crippen LogP contribution in [0.25, 0.3) is 0 Å². The van der Waals surface area contributed by atoms with E-state index < -0.39 is 0 Å². The van der Waals surface area contributed by atoms with Crippen molar-refractivity contribution in [3.63, 3.8) is 0 Å². The molecule has 1 atom stereocenters. The number of likely N-dealkylation sites (N-methyl/N-ethyl adjacent to an activating group) is 1. The Balaban J connectivity index is 1.99. The van der Waals surface area contributed by atoms with Crippen LogP contribution in [0.3, 0.4) is 0 Å². The molecule has 0 aliphatic carbocycles. The number of rotatable bonds is 6. The van der Waals surface area contributed by atoms with Crippen molar-refractivity contribution in [2.75, 3.05) is 14.2 Å². The molecule has 0 unspecified atom stereocenters. The van der Waals surface area contributed by atoms with Gasteiger partial charge in [0.2, 0.25) is 0 Å². The molecule has 0 amide bonds. The summed E-state index contributed by atoms with van der Waals surface area (Å²) in [6.07, 6.45) is 1.06. The standard InChI is InChI=1S/C19H25NO/c1-15-9-11-17(12-10-15)13-16(2)20(3)14-18-7-5-6-8-19(18)21-4/h5-12,16H,13-14H2,1-4H3/t16-/m1/s1. The van der Waals surface area contributed by atoms with Crippen LogP contribution in [-0.4, -0.2) is 25.1 Å². The molecule has 2 nitrogen and oxygen atoms in total. The first-order chi connectivity index (χ1) is 10.1. The molecule has 0 fully saturated rings. The summed E-state index contributed by atoms with van der Waals surface area (Å²) in [6.45, 7) is 5.30. The van der Waals surface area contributed by atoms with Gasteiger partial charge in [-0.25, -0.2) is 0 Å². The molecule has 0 aliphatic rings. The van der Waals surface area contributed by atoms with Gasteiger partial charge >= 0.3 is 0 Å². The first kappa shape index (κ1) is 15.6. The average molecular weight is 283 g/mol. The Labute approximate surface area is 128 Å². The van der Waals surface area contributed by atoms with Gasteiger partial charge in [-0.3, -0.25) is 4.90 Å². The highest BCUT2D eigenvalue weighted by molar-refractivity contribution is 5.33. The van der Waals surface area contributed by atoms with Crippen molar-refractivity contribution in [2.45, 2.75) is 32.9 Å². The van der Waals surface area contributed by atoms with Crippen molar-refractivity contribution in [1.29, 1.82) is 0 Å². The topological polar surface area (TPSA) is 12.5 Å². The fourth-order valence-corrected chi connectivity index (χ4v) is 2.48. The molecule has 112 valence electrons. The van der Waals surface area contributed by atoms with Crippen LogP contribution in [0.1, 0.15) is 23.6 Å². The molecule has 0 heterocycles. The Bertz CT molecular complexity index is 562. The van der Waals surface area contributed by atoms with Gasteiger partial charge in [0.25, 0.3) is 0 Å². The summed E-state index contributed by atoms with van der Waals surface area (Å²) in [5.74, 6) is 0.965. The fraction of sp³-hybridized carbons (Fsp3) is 0.368. The van der Waals surface area contributed by atoms with Crippen LogP contribution in [0.15, 0.2) is 48.5 Å². The molecule has 2 aromatic rings. The zero-order chi connectivity index (χ0) is 15.2. The predicted octanol–water partition coefficient (Wildman–Crippen LogP) is 4.07. The highest BCUT2D eigenvalue weighted by Gasteiger charge is 2.12. The molecule has 0 spiro atoms. The van der Waals surface area contributed by atoms with E-state index in [1.165, 1.54) is 16.7 Å². The molecular formula is C19H25NO. The molecule has 0 aromatic heterocycles. The summed E-state index contributed by atoms with van der Waals surface area (Å²) >= 11 is 0. The Kier molecular flexibility index (Phi) is 5.40. The van der Waals surface area contributed by atoms with Gasteiger partial charge in [0.05, 0.1) is 7.11 Å². The van der Waals surface area contributed by atoms with Crippen molar-refractivity contribution < 1.29 is 4.74 Å². The van der Waals surface area contributed by atoms with E-state index in [-0.39, 0.29) is 0 Å². The highest BCUT2D eigenvalue weighted by Crippen LogP contribution is 2.20. The molecule has 0 aliphatic heterocycles. The van der Waals surface area contributed by atoms with Crippen LogP contribution < -0.4 is 4.74 Å². The number of ether oxygens (including phenoxy) is 1. The van der Waals surface area contributed by atoms with Gasteiger partial charge in [0.15, 0.2) is 0 Å². The number of hydrogen-bond donors (Lipinski definition) is 0. The van der Waals surface area contributed by atoms with Crippen LogP contribution in [0.2, 0.25) is 0 Å². The molecular weight excluding hydrogens is 258 g/mol. The van der Waals surface area contributed by atoms with Crippen molar-refractivity contribution in [3.05, 3.63) is 65.2 Å². The van der Waals surface area contributed by atoms with Crippen molar-refractivity contribution in [2.24, 2.45) is 0 Å². The minimum absolute atomic E-state index is 0.484. The molecule has 0 N–H and O–H groups in total. The minimum Gasteiger partial charge on any atom is -0.496 e. The third kappa shape index (κ3) is 4.33. The van der Waals surface area contributed by atoms with Crippen LogP contribution in [0.5, 0.6) is 5.75 Å². The quantitative estimate of drug-likeness (QED) is 0.792. The Morgan fingerprint density at radius 2 is 1.71 bits per heavy atom. The first-order valence-corrected chi connectivity index (χ1v) is 7.48. The van der Waals surface area contributed by atoms with Crippen LogP contribution in [-0.2, 0) is 13.0 Å². The molecule has 0 bridgehead atoms. The van der Waals surface area contributed by atoms with Gasteiger partial charge in [-0.2, -0.15) is 0 Å². The number of methoxy groups -OCH3 is 1. The van der Waals surface area contributed by atoms with E-state index in [0.717, 1.165) is 18.7 Å². The van der Waals surface area contributed by atoms with Gasteiger partial charge < -0.3 is 4.74 Å². The first-order valence-electron chi connectivity index (χ1n) is 7.48. The van der Waals surface area contributed by atoms with Gasteiger partial charge in [0, 0.05) is 18.2 Å². The lowest BCUT2D eigenvalue weighted by Crippen LogP contribution is -2.30. The van der Waals surface area contributed by atoms with Gasteiger partial charge in [-0.1, -0.05) is 48.0 Å². The lowest BCUT2D eigenvalue weighted by Gasteiger charge is -2.25.